The summed E-state index contributed by atoms with van der Waals surface area (Å²) in [5.74, 6) is 0.112. The maximum atomic E-state index is 11.6. The monoisotopic (exact) mass is 229 g/mol. The summed E-state index contributed by atoms with van der Waals surface area (Å²) in [4.78, 5) is 13.6. The van der Waals surface area contributed by atoms with E-state index in [-0.39, 0.29) is 12.1 Å². The van der Waals surface area contributed by atoms with E-state index in [2.05, 4.69) is 0 Å². The largest absolute Gasteiger partial charge is 0.459 e. The molecule has 0 aliphatic carbocycles. The zero-order valence-electron chi connectivity index (χ0n) is 10.7. The van der Waals surface area contributed by atoms with E-state index in [1.165, 1.54) is 0 Å². The number of aliphatic hydroxyl groups excluding tert-OH is 1. The maximum Gasteiger partial charge on any atom is 0.320 e. The first-order valence-corrected chi connectivity index (χ1v) is 5.90. The maximum absolute atomic E-state index is 11.6. The molecule has 16 heavy (non-hydrogen) atoms. The minimum atomic E-state index is -0.416. The second-order valence-electron chi connectivity index (χ2n) is 5.61. The molecule has 0 amide bonds. The van der Waals surface area contributed by atoms with Crippen LogP contribution in [0, 0.1) is 5.92 Å². The van der Waals surface area contributed by atoms with Crippen LogP contribution in [-0.4, -0.2) is 47.3 Å². The van der Waals surface area contributed by atoms with Gasteiger partial charge in [-0.2, -0.15) is 0 Å². The van der Waals surface area contributed by atoms with E-state index in [0.717, 1.165) is 19.5 Å². The average Bonchev–Trinajstić information content (AvgIpc) is 2.48. The molecule has 1 N–H and O–H groups in total. The fourth-order valence-corrected chi connectivity index (χ4v) is 1.96. The van der Waals surface area contributed by atoms with E-state index in [4.69, 9.17) is 4.74 Å². The van der Waals surface area contributed by atoms with Crippen LogP contribution in [-0.2, 0) is 9.53 Å². The van der Waals surface area contributed by atoms with Gasteiger partial charge in [-0.25, -0.2) is 0 Å². The molecular formula is C12H23NO3. The summed E-state index contributed by atoms with van der Waals surface area (Å²) in [5, 5.41) is 9.45. The van der Waals surface area contributed by atoms with Crippen LogP contribution in [0.1, 0.15) is 34.1 Å². The first-order chi connectivity index (χ1) is 7.28. The summed E-state index contributed by atoms with van der Waals surface area (Å²) in [6.45, 7) is 9.41. The zero-order valence-corrected chi connectivity index (χ0v) is 10.7. The Morgan fingerprint density at radius 2 is 2.19 bits per heavy atom. The van der Waals surface area contributed by atoms with Crippen LogP contribution in [0.2, 0.25) is 0 Å². The van der Waals surface area contributed by atoms with Crippen molar-refractivity contribution in [1.29, 1.82) is 0 Å². The lowest BCUT2D eigenvalue weighted by Gasteiger charge is -2.22. The van der Waals surface area contributed by atoms with Crippen LogP contribution < -0.4 is 0 Å². The van der Waals surface area contributed by atoms with Crippen molar-refractivity contribution in [2.24, 2.45) is 5.92 Å². The van der Waals surface area contributed by atoms with Crippen LogP contribution in [0.5, 0.6) is 0 Å². The Bertz CT molecular complexity index is 245. The highest BCUT2D eigenvalue weighted by Gasteiger charge is 2.28. The molecule has 0 radical (unpaired) electrons. The molecule has 1 aliphatic heterocycles. The molecule has 0 aromatic carbocycles. The minimum absolute atomic E-state index is 0.182. The number of rotatable bonds is 3. The first kappa shape index (κ1) is 13.5. The normalized spacial score (nSPS) is 24.4. The molecular weight excluding hydrogens is 206 g/mol. The summed E-state index contributed by atoms with van der Waals surface area (Å²) in [7, 11) is 0. The smallest absolute Gasteiger partial charge is 0.320 e. The Labute approximate surface area is 97.6 Å². The Balaban J connectivity index is 2.32. The van der Waals surface area contributed by atoms with Crippen molar-refractivity contribution in [3.63, 3.8) is 0 Å². The van der Waals surface area contributed by atoms with Crippen molar-refractivity contribution >= 4 is 5.97 Å². The van der Waals surface area contributed by atoms with Crippen molar-refractivity contribution in [3.05, 3.63) is 0 Å². The number of hydrogen-bond donors (Lipinski definition) is 1. The Hall–Kier alpha value is -0.610. The molecule has 0 aromatic rings. The molecule has 2 atom stereocenters. The second kappa shape index (κ2) is 5.15. The third kappa shape index (κ3) is 4.49. The standard InChI is InChI=1S/C12H23NO3/c1-9(14)10-5-6-13(7-10)8-11(15)16-12(2,3)4/h9-10,14H,5-8H2,1-4H3. The third-order valence-electron chi connectivity index (χ3n) is 2.76. The molecule has 0 aromatic heterocycles. The van der Waals surface area contributed by atoms with Gasteiger partial charge in [0.25, 0.3) is 0 Å². The molecule has 2 unspecified atom stereocenters. The summed E-state index contributed by atoms with van der Waals surface area (Å²) in [6.07, 6.45) is 0.670. The van der Waals surface area contributed by atoms with Crippen LogP contribution in [0.4, 0.5) is 0 Å². The molecule has 0 bridgehead atoms. The molecule has 1 fully saturated rings. The molecule has 4 heteroatoms. The number of hydrogen-bond acceptors (Lipinski definition) is 4. The van der Waals surface area contributed by atoms with Gasteiger partial charge in [-0.3, -0.25) is 9.69 Å². The number of esters is 1. The quantitative estimate of drug-likeness (QED) is 0.734. The minimum Gasteiger partial charge on any atom is -0.459 e. The van der Waals surface area contributed by atoms with Gasteiger partial charge < -0.3 is 9.84 Å². The van der Waals surface area contributed by atoms with E-state index < -0.39 is 5.60 Å². The number of nitrogens with zero attached hydrogens (tertiary/aromatic N) is 1. The molecule has 1 heterocycles. The van der Waals surface area contributed by atoms with E-state index in [0.29, 0.717) is 12.5 Å². The number of ether oxygens (including phenoxy) is 1. The molecule has 1 saturated heterocycles. The van der Waals surface area contributed by atoms with Gasteiger partial charge in [-0.15, -0.1) is 0 Å². The zero-order chi connectivity index (χ0) is 12.3. The van der Waals surface area contributed by atoms with Crippen molar-refractivity contribution in [1.82, 2.24) is 4.90 Å². The Morgan fingerprint density at radius 3 is 2.62 bits per heavy atom. The summed E-state index contributed by atoms with van der Waals surface area (Å²) in [6, 6.07) is 0. The van der Waals surface area contributed by atoms with Gasteiger partial charge in [0.15, 0.2) is 0 Å². The average molecular weight is 229 g/mol. The van der Waals surface area contributed by atoms with Crippen LogP contribution in [0.25, 0.3) is 0 Å². The molecule has 0 spiro atoms. The van der Waals surface area contributed by atoms with Gasteiger partial charge in [0.1, 0.15) is 5.60 Å². The number of carbonyl (C=O) groups is 1. The first-order valence-electron chi connectivity index (χ1n) is 5.90. The van der Waals surface area contributed by atoms with Gasteiger partial charge in [-0.1, -0.05) is 0 Å². The lowest BCUT2D eigenvalue weighted by molar-refractivity contribution is -0.155. The van der Waals surface area contributed by atoms with Gasteiger partial charge in [0, 0.05) is 6.54 Å². The van der Waals surface area contributed by atoms with E-state index in [1.807, 2.05) is 32.6 Å². The van der Waals surface area contributed by atoms with E-state index in [9.17, 15) is 9.90 Å². The van der Waals surface area contributed by atoms with Crippen LogP contribution >= 0.6 is 0 Å². The Morgan fingerprint density at radius 1 is 1.56 bits per heavy atom. The fraction of sp³-hybridized carbons (Fsp3) is 0.917. The summed E-state index contributed by atoms with van der Waals surface area (Å²) >= 11 is 0. The molecule has 4 nitrogen and oxygen atoms in total. The molecule has 0 saturated carbocycles. The molecule has 1 rings (SSSR count). The molecule has 1 aliphatic rings. The molecule has 94 valence electrons. The number of likely N-dealkylation sites (tertiary alicyclic amines) is 1. The van der Waals surface area contributed by atoms with Crippen molar-refractivity contribution < 1.29 is 14.6 Å². The van der Waals surface area contributed by atoms with Gasteiger partial charge in [0.05, 0.1) is 12.6 Å². The van der Waals surface area contributed by atoms with Crippen molar-refractivity contribution in [2.45, 2.75) is 45.8 Å². The van der Waals surface area contributed by atoms with Gasteiger partial charge >= 0.3 is 5.97 Å². The fourth-order valence-electron chi connectivity index (χ4n) is 1.96. The van der Waals surface area contributed by atoms with Gasteiger partial charge in [0.2, 0.25) is 0 Å². The number of carbonyl (C=O) groups excluding carboxylic acids is 1. The topological polar surface area (TPSA) is 49.8 Å². The lowest BCUT2D eigenvalue weighted by atomic mass is 10.0. The van der Waals surface area contributed by atoms with Crippen molar-refractivity contribution in [2.75, 3.05) is 19.6 Å². The third-order valence-corrected chi connectivity index (χ3v) is 2.76. The van der Waals surface area contributed by atoms with Crippen LogP contribution in [0.3, 0.4) is 0 Å². The van der Waals surface area contributed by atoms with Gasteiger partial charge in [-0.05, 0) is 46.6 Å². The lowest BCUT2D eigenvalue weighted by Crippen LogP contribution is -2.34. The predicted molar refractivity (Wildman–Crippen MR) is 62.1 cm³/mol. The van der Waals surface area contributed by atoms with Crippen LogP contribution in [0.15, 0.2) is 0 Å². The van der Waals surface area contributed by atoms with Crippen molar-refractivity contribution in [3.8, 4) is 0 Å². The number of aliphatic hydroxyl groups is 1. The Kier molecular flexibility index (Phi) is 4.33. The second-order valence-corrected chi connectivity index (χ2v) is 5.61. The summed E-state index contributed by atoms with van der Waals surface area (Å²) < 4.78 is 5.25. The summed E-state index contributed by atoms with van der Waals surface area (Å²) in [5.41, 5.74) is -0.416. The SMILES string of the molecule is CC(O)C1CCN(CC(=O)OC(C)(C)C)C1. The highest BCUT2D eigenvalue weighted by atomic mass is 16.6. The highest BCUT2D eigenvalue weighted by Crippen LogP contribution is 2.19. The highest BCUT2D eigenvalue weighted by molar-refractivity contribution is 5.72. The predicted octanol–water partition coefficient (Wildman–Crippen LogP) is 1.03. The van der Waals surface area contributed by atoms with E-state index in [1.54, 1.807) is 0 Å². The van der Waals surface area contributed by atoms with E-state index >= 15 is 0 Å².